The molecule has 0 aliphatic heterocycles. The second-order valence-corrected chi connectivity index (χ2v) is 5.14. The van der Waals surface area contributed by atoms with Crippen LogP contribution in [0.5, 0.6) is 0 Å². The Balaban J connectivity index is 1.93. The monoisotopic (exact) mass is 256 g/mol. The van der Waals surface area contributed by atoms with Crippen LogP contribution in [0.2, 0.25) is 0 Å². The van der Waals surface area contributed by atoms with Crippen molar-refractivity contribution >= 4 is 0 Å². The molecule has 0 fully saturated rings. The molecule has 0 amide bonds. The SMILES string of the molecule is CCc1ccc(C(NN)c2ccc3c(c2)CCC3)o1. The molecule has 19 heavy (non-hydrogen) atoms. The Hall–Kier alpha value is -1.58. The van der Waals surface area contributed by atoms with Crippen molar-refractivity contribution < 1.29 is 4.42 Å². The summed E-state index contributed by atoms with van der Waals surface area (Å²) in [6.07, 6.45) is 4.55. The zero-order valence-corrected chi connectivity index (χ0v) is 11.3. The third-order valence-corrected chi connectivity index (χ3v) is 3.94. The Bertz CT molecular complexity index is 574. The fourth-order valence-electron chi connectivity index (χ4n) is 2.85. The zero-order chi connectivity index (χ0) is 13.2. The van der Waals surface area contributed by atoms with Crippen molar-refractivity contribution in [2.24, 2.45) is 5.84 Å². The number of furan rings is 1. The van der Waals surface area contributed by atoms with E-state index in [9.17, 15) is 0 Å². The summed E-state index contributed by atoms with van der Waals surface area (Å²) in [5, 5.41) is 0. The lowest BCUT2D eigenvalue weighted by atomic mass is 10.00. The van der Waals surface area contributed by atoms with E-state index in [0.29, 0.717) is 0 Å². The Labute approximate surface area is 113 Å². The summed E-state index contributed by atoms with van der Waals surface area (Å²) >= 11 is 0. The van der Waals surface area contributed by atoms with Gasteiger partial charge in [0.2, 0.25) is 0 Å². The van der Waals surface area contributed by atoms with Crippen LogP contribution in [0.15, 0.2) is 34.7 Å². The van der Waals surface area contributed by atoms with E-state index in [2.05, 4.69) is 30.5 Å². The fraction of sp³-hybridized carbons (Fsp3) is 0.375. The van der Waals surface area contributed by atoms with Gasteiger partial charge in [0.15, 0.2) is 0 Å². The van der Waals surface area contributed by atoms with Crippen molar-refractivity contribution in [2.75, 3.05) is 0 Å². The number of hydrogen-bond donors (Lipinski definition) is 2. The predicted molar refractivity (Wildman–Crippen MR) is 75.7 cm³/mol. The van der Waals surface area contributed by atoms with E-state index >= 15 is 0 Å². The van der Waals surface area contributed by atoms with Gasteiger partial charge in [0.1, 0.15) is 17.6 Å². The van der Waals surface area contributed by atoms with E-state index < -0.39 is 0 Å². The van der Waals surface area contributed by atoms with E-state index in [-0.39, 0.29) is 6.04 Å². The number of benzene rings is 1. The highest BCUT2D eigenvalue weighted by Gasteiger charge is 2.19. The van der Waals surface area contributed by atoms with Gasteiger partial charge in [-0.15, -0.1) is 0 Å². The molecule has 1 atom stereocenters. The Morgan fingerprint density at radius 3 is 2.79 bits per heavy atom. The summed E-state index contributed by atoms with van der Waals surface area (Å²) in [4.78, 5) is 0. The van der Waals surface area contributed by atoms with Crippen LogP contribution in [0.3, 0.4) is 0 Å². The molecular formula is C16H20N2O. The van der Waals surface area contributed by atoms with Crippen LogP contribution in [0.1, 0.15) is 47.6 Å². The number of rotatable bonds is 4. The molecule has 3 N–H and O–H groups in total. The van der Waals surface area contributed by atoms with Crippen molar-refractivity contribution in [3.05, 3.63) is 58.5 Å². The van der Waals surface area contributed by atoms with Crippen molar-refractivity contribution in [1.82, 2.24) is 5.43 Å². The smallest absolute Gasteiger partial charge is 0.126 e. The highest BCUT2D eigenvalue weighted by atomic mass is 16.3. The Kier molecular flexibility index (Phi) is 3.40. The molecule has 0 saturated carbocycles. The molecule has 1 unspecified atom stereocenters. The second-order valence-electron chi connectivity index (χ2n) is 5.14. The highest BCUT2D eigenvalue weighted by molar-refractivity contribution is 5.38. The molecule has 3 heteroatoms. The van der Waals surface area contributed by atoms with E-state index in [1.807, 2.05) is 12.1 Å². The highest BCUT2D eigenvalue weighted by Crippen LogP contribution is 2.29. The van der Waals surface area contributed by atoms with E-state index in [4.69, 9.17) is 10.3 Å². The molecular weight excluding hydrogens is 236 g/mol. The standard InChI is InChI=1S/C16H20N2O/c1-2-14-8-9-15(19-14)16(18-17)13-7-6-11-4-3-5-12(11)10-13/h6-10,16,18H,2-5,17H2,1H3. The fourth-order valence-corrected chi connectivity index (χ4v) is 2.85. The van der Waals surface area contributed by atoms with Crippen LogP contribution in [-0.4, -0.2) is 0 Å². The van der Waals surface area contributed by atoms with Gasteiger partial charge in [-0.05, 0) is 48.1 Å². The number of aryl methyl sites for hydroxylation is 3. The zero-order valence-electron chi connectivity index (χ0n) is 11.3. The predicted octanol–water partition coefficient (Wildman–Crippen LogP) is 2.88. The summed E-state index contributed by atoms with van der Waals surface area (Å²) in [7, 11) is 0. The maximum atomic E-state index is 5.82. The van der Waals surface area contributed by atoms with Gasteiger partial charge in [-0.3, -0.25) is 5.84 Å². The second kappa shape index (κ2) is 5.19. The van der Waals surface area contributed by atoms with Gasteiger partial charge in [0, 0.05) is 6.42 Å². The normalized spacial score (nSPS) is 15.5. The van der Waals surface area contributed by atoms with Gasteiger partial charge >= 0.3 is 0 Å². The number of hydrogen-bond acceptors (Lipinski definition) is 3. The average molecular weight is 256 g/mol. The van der Waals surface area contributed by atoms with Crippen molar-refractivity contribution in [1.29, 1.82) is 0 Å². The minimum atomic E-state index is -0.0637. The molecule has 1 heterocycles. The van der Waals surface area contributed by atoms with Crippen LogP contribution in [0, 0.1) is 0 Å². The van der Waals surface area contributed by atoms with Crippen LogP contribution in [0.4, 0.5) is 0 Å². The van der Waals surface area contributed by atoms with Crippen molar-refractivity contribution in [3.8, 4) is 0 Å². The molecule has 3 nitrogen and oxygen atoms in total. The van der Waals surface area contributed by atoms with Gasteiger partial charge in [-0.1, -0.05) is 25.1 Å². The third-order valence-electron chi connectivity index (χ3n) is 3.94. The lowest BCUT2D eigenvalue weighted by molar-refractivity contribution is 0.425. The van der Waals surface area contributed by atoms with Gasteiger partial charge in [-0.25, -0.2) is 5.43 Å². The molecule has 1 aromatic carbocycles. The summed E-state index contributed by atoms with van der Waals surface area (Å²) in [6, 6.07) is 10.6. The molecule has 0 bridgehead atoms. The van der Waals surface area contributed by atoms with Gasteiger partial charge in [0.25, 0.3) is 0 Å². The topological polar surface area (TPSA) is 51.2 Å². The van der Waals surface area contributed by atoms with Gasteiger partial charge in [0.05, 0.1) is 0 Å². The van der Waals surface area contributed by atoms with Crippen LogP contribution >= 0.6 is 0 Å². The summed E-state index contributed by atoms with van der Waals surface area (Å²) in [5.41, 5.74) is 6.99. The summed E-state index contributed by atoms with van der Waals surface area (Å²) in [6.45, 7) is 2.09. The molecule has 100 valence electrons. The van der Waals surface area contributed by atoms with Crippen LogP contribution in [0.25, 0.3) is 0 Å². The molecule has 1 aromatic heterocycles. The molecule has 0 saturated heterocycles. The third kappa shape index (κ3) is 2.31. The minimum absolute atomic E-state index is 0.0637. The first-order valence-corrected chi connectivity index (χ1v) is 6.98. The molecule has 2 aromatic rings. The van der Waals surface area contributed by atoms with Crippen LogP contribution < -0.4 is 11.3 Å². The molecule has 0 radical (unpaired) electrons. The number of hydrazine groups is 1. The molecule has 0 spiro atoms. The Morgan fingerprint density at radius 2 is 2.05 bits per heavy atom. The Morgan fingerprint density at radius 1 is 1.21 bits per heavy atom. The largest absolute Gasteiger partial charge is 0.464 e. The van der Waals surface area contributed by atoms with E-state index in [0.717, 1.165) is 17.9 Å². The summed E-state index contributed by atoms with van der Waals surface area (Å²) < 4.78 is 5.82. The first-order valence-electron chi connectivity index (χ1n) is 6.98. The maximum Gasteiger partial charge on any atom is 0.126 e. The van der Waals surface area contributed by atoms with E-state index in [1.165, 1.54) is 36.0 Å². The number of nitrogens with two attached hydrogens (primary N) is 1. The van der Waals surface area contributed by atoms with Crippen molar-refractivity contribution in [3.63, 3.8) is 0 Å². The van der Waals surface area contributed by atoms with E-state index in [1.54, 1.807) is 0 Å². The summed E-state index contributed by atoms with van der Waals surface area (Å²) in [5.74, 6) is 7.61. The first-order chi connectivity index (χ1) is 9.31. The quantitative estimate of drug-likeness (QED) is 0.653. The minimum Gasteiger partial charge on any atom is -0.464 e. The first kappa shape index (κ1) is 12.5. The van der Waals surface area contributed by atoms with Crippen LogP contribution in [-0.2, 0) is 19.3 Å². The van der Waals surface area contributed by atoms with Gasteiger partial charge in [-0.2, -0.15) is 0 Å². The molecule has 1 aliphatic rings. The molecule has 3 rings (SSSR count). The maximum absolute atomic E-state index is 5.82. The average Bonchev–Trinajstić information content (AvgIpc) is 3.07. The molecule has 1 aliphatic carbocycles. The van der Waals surface area contributed by atoms with Crippen molar-refractivity contribution in [2.45, 2.75) is 38.6 Å². The number of nitrogens with one attached hydrogen (secondary N) is 1. The lowest BCUT2D eigenvalue weighted by Crippen LogP contribution is -2.28. The number of fused-ring (bicyclic) bond motifs is 1. The van der Waals surface area contributed by atoms with Gasteiger partial charge < -0.3 is 4.42 Å². The lowest BCUT2D eigenvalue weighted by Gasteiger charge is -2.15.